The molecule has 2 fully saturated rings. The Hall–Kier alpha value is -2.72. The van der Waals surface area contributed by atoms with Crippen molar-refractivity contribution in [2.24, 2.45) is 11.3 Å². The average molecular weight is 363 g/mol. The van der Waals surface area contributed by atoms with Gasteiger partial charge in [-0.1, -0.05) is 0 Å². The number of nitrogens with zero attached hydrogens (tertiary/aromatic N) is 5. The fraction of sp³-hybridized carbons (Fsp3) is 0.368. The van der Waals surface area contributed by atoms with Crippen LogP contribution in [0.3, 0.4) is 0 Å². The van der Waals surface area contributed by atoms with Gasteiger partial charge in [-0.05, 0) is 44.2 Å². The van der Waals surface area contributed by atoms with Crippen molar-refractivity contribution in [1.82, 2.24) is 14.6 Å². The minimum Gasteiger partial charge on any atom is -0.309 e. The lowest BCUT2D eigenvalue weighted by Crippen LogP contribution is -2.35. The van der Waals surface area contributed by atoms with Gasteiger partial charge in [-0.3, -0.25) is 4.79 Å². The number of fused-ring (bicyclic) bond motifs is 1. The van der Waals surface area contributed by atoms with Crippen LogP contribution in [0, 0.1) is 29.6 Å². The summed E-state index contributed by atoms with van der Waals surface area (Å²) < 4.78 is 1.79. The van der Waals surface area contributed by atoms with Crippen LogP contribution in [0.1, 0.15) is 24.1 Å². The summed E-state index contributed by atoms with van der Waals surface area (Å²) in [6, 6.07) is 6.24. The zero-order valence-electron chi connectivity index (χ0n) is 14.3. The zero-order chi connectivity index (χ0) is 17.9. The molecule has 26 heavy (non-hydrogen) atoms. The summed E-state index contributed by atoms with van der Waals surface area (Å²) in [6.45, 7) is 2.61. The van der Waals surface area contributed by atoms with Crippen LogP contribution in [-0.4, -0.2) is 27.0 Å². The maximum atomic E-state index is 13.1. The van der Waals surface area contributed by atoms with Crippen LogP contribution in [0.5, 0.6) is 0 Å². The van der Waals surface area contributed by atoms with Gasteiger partial charge < -0.3 is 4.90 Å². The molecule has 2 aliphatic rings. The molecule has 7 heteroatoms. The molecule has 0 spiro atoms. The zero-order valence-corrected chi connectivity index (χ0v) is 15.2. The third-order valence-electron chi connectivity index (χ3n) is 5.48. The molecule has 0 radical (unpaired) electrons. The van der Waals surface area contributed by atoms with Gasteiger partial charge in [0.2, 0.25) is 5.91 Å². The van der Waals surface area contributed by atoms with Gasteiger partial charge in [0.15, 0.2) is 0 Å². The van der Waals surface area contributed by atoms with Crippen LogP contribution in [0.15, 0.2) is 30.7 Å². The summed E-state index contributed by atoms with van der Waals surface area (Å²) >= 11 is 1.63. The van der Waals surface area contributed by atoms with Crippen molar-refractivity contribution < 1.29 is 4.79 Å². The molecular weight excluding hydrogens is 346 g/mol. The summed E-state index contributed by atoms with van der Waals surface area (Å²) in [7, 11) is 0. The first-order valence-electron chi connectivity index (χ1n) is 8.76. The first-order valence-corrected chi connectivity index (χ1v) is 9.57. The molecule has 1 saturated carbocycles. The van der Waals surface area contributed by atoms with Gasteiger partial charge in [0, 0.05) is 35.6 Å². The Morgan fingerprint density at radius 2 is 2.27 bits per heavy atom. The SMILES string of the molecule is Cc1cnc(-c2cc3c(N4CC[C@@](C#N)(C5CC5)C4=O)ccnn3c2)s1. The first kappa shape index (κ1) is 15.5. The van der Waals surface area contributed by atoms with E-state index in [1.165, 1.54) is 0 Å². The van der Waals surface area contributed by atoms with Crippen LogP contribution in [0.25, 0.3) is 16.1 Å². The normalized spacial score (nSPS) is 22.9. The van der Waals surface area contributed by atoms with Gasteiger partial charge in [0.25, 0.3) is 0 Å². The molecule has 3 aromatic heterocycles. The molecule has 4 heterocycles. The van der Waals surface area contributed by atoms with Crippen molar-refractivity contribution in [2.45, 2.75) is 26.2 Å². The molecule has 0 unspecified atom stereocenters. The van der Waals surface area contributed by atoms with Gasteiger partial charge >= 0.3 is 0 Å². The highest BCUT2D eigenvalue weighted by Crippen LogP contribution is 2.52. The minimum absolute atomic E-state index is 0.0524. The Kier molecular flexibility index (Phi) is 3.22. The molecule has 5 rings (SSSR count). The van der Waals surface area contributed by atoms with Gasteiger partial charge in [0.05, 0.1) is 17.3 Å². The summed E-state index contributed by atoms with van der Waals surface area (Å²) in [5.41, 5.74) is 1.85. The predicted molar refractivity (Wildman–Crippen MR) is 98.8 cm³/mol. The molecule has 3 aromatic rings. The van der Waals surface area contributed by atoms with Crippen LogP contribution in [0.2, 0.25) is 0 Å². The molecule has 1 aliphatic heterocycles. The highest BCUT2D eigenvalue weighted by Gasteiger charge is 2.56. The lowest BCUT2D eigenvalue weighted by Gasteiger charge is -2.21. The second-order valence-corrected chi connectivity index (χ2v) is 8.35. The molecular formula is C19H17N5OS. The van der Waals surface area contributed by atoms with Crippen molar-refractivity contribution in [3.63, 3.8) is 0 Å². The van der Waals surface area contributed by atoms with E-state index >= 15 is 0 Å². The van der Waals surface area contributed by atoms with Gasteiger partial charge in [-0.25, -0.2) is 9.50 Å². The van der Waals surface area contributed by atoms with E-state index in [1.54, 1.807) is 26.9 Å². The maximum Gasteiger partial charge on any atom is 0.247 e. The lowest BCUT2D eigenvalue weighted by molar-refractivity contribution is -0.123. The highest BCUT2D eigenvalue weighted by atomic mass is 32.1. The third-order valence-corrected chi connectivity index (χ3v) is 6.44. The smallest absolute Gasteiger partial charge is 0.247 e. The van der Waals surface area contributed by atoms with Crippen LogP contribution >= 0.6 is 11.3 Å². The van der Waals surface area contributed by atoms with Crippen molar-refractivity contribution in [3.05, 3.63) is 35.6 Å². The summed E-state index contributed by atoms with van der Waals surface area (Å²) in [6.07, 6.45) is 8.08. The van der Waals surface area contributed by atoms with Crippen LogP contribution in [0.4, 0.5) is 5.69 Å². The van der Waals surface area contributed by atoms with E-state index in [0.717, 1.165) is 39.5 Å². The van der Waals surface area contributed by atoms with Crippen LogP contribution < -0.4 is 4.90 Å². The molecule has 1 amide bonds. The van der Waals surface area contributed by atoms with E-state index in [0.29, 0.717) is 13.0 Å². The monoisotopic (exact) mass is 363 g/mol. The molecule has 1 aliphatic carbocycles. The molecule has 6 nitrogen and oxygen atoms in total. The second-order valence-electron chi connectivity index (χ2n) is 7.12. The van der Waals surface area contributed by atoms with E-state index in [2.05, 4.69) is 16.2 Å². The van der Waals surface area contributed by atoms with Crippen LogP contribution in [-0.2, 0) is 4.79 Å². The van der Waals surface area contributed by atoms with Gasteiger partial charge in [0.1, 0.15) is 10.4 Å². The molecule has 1 saturated heterocycles. The first-order chi connectivity index (χ1) is 12.6. The molecule has 0 bridgehead atoms. The number of carbonyl (C=O) groups excluding carboxylic acids is 1. The Morgan fingerprint density at radius 1 is 1.42 bits per heavy atom. The molecule has 130 valence electrons. The molecule has 1 atom stereocenters. The topological polar surface area (TPSA) is 74.3 Å². The molecule has 0 aromatic carbocycles. The summed E-state index contributed by atoms with van der Waals surface area (Å²) in [5.74, 6) is 0.173. The van der Waals surface area contributed by atoms with E-state index in [4.69, 9.17) is 0 Å². The molecule has 0 N–H and O–H groups in total. The quantitative estimate of drug-likeness (QED) is 0.714. The average Bonchev–Trinajstić information content (AvgIpc) is 3.12. The van der Waals surface area contributed by atoms with Gasteiger partial charge in [-0.15, -0.1) is 11.3 Å². The Labute approximate surface area is 154 Å². The standard InChI is InChI=1S/C19H17N5OS/c1-12-9-21-17(26-12)13-8-16-15(4-6-22-24(16)10-13)23-7-5-19(11-20,18(23)25)14-2-3-14/h4,6,8-10,14H,2-3,5,7H2,1H3/t19-/m1/s1. The predicted octanol–water partition coefficient (Wildman–Crippen LogP) is 3.42. The Balaban J connectivity index is 1.58. The number of aromatic nitrogens is 3. The van der Waals surface area contributed by atoms with E-state index in [-0.39, 0.29) is 11.8 Å². The fourth-order valence-corrected chi connectivity index (χ4v) is 4.70. The number of anilines is 1. The second kappa shape index (κ2) is 5.39. The number of carbonyl (C=O) groups is 1. The summed E-state index contributed by atoms with van der Waals surface area (Å²) in [5, 5.41) is 15.0. The largest absolute Gasteiger partial charge is 0.309 e. The number of thiazole rings is 1. The minimum atomic E-state index is -0.831. The highest BCUT2D eigenvalue weighted by molar-refractivity contribution is 7.14. The van der Waals surface area contributed by atoms with Crippen molar-refractivity contribution in [2.75, 3.05) is 11.4 Å². The van der Waals surface area contributed by atoms with Crippen molar-refractivity contribution in [3.8, 4) is 16.6 Å². The van der Waals surface area contributed by atoms with Crippen molar-refractivity contribution in [1.29, 1.82) is 5.26 Å². The number of hydrogen-bond acceptors (Lipinski definition) is 5. The number of rotatable bonds is 3. The van der Waals surface area contributed by atoms with E-state index in [1.807, 2.05) is 31.5 Å². The van der Waals surface area contributed by atoms with E-state index < -0.39 is 5.41 Å². The number of nitriles is 1. The number of amides is 1. The van der Waals surface area contributed by atoms with E-state index in [9.17, 15) is 10.1 Å². The number of hydrogen-bond donors (Lipinski definition) is 0. The lowest BCUT2D eigenvalue weighted by atomic mass is 9.83. The van der Waals surface area contributed by atoms with Crippen molar-refractivity contribution >= 4 is 28.4 Å². The maximum absolute atomic E-state index is 13.1. The fourth-order valence-electron chi connectivity index (χ4n) is 3.95. The third kappa shape index (κ3) is 2.12. The van der Waals surface area contributed by atoms with Gasteiger partial charge in [-0.2, -0.15) is 10.4 Å². The Bertz CT molecular complexity index is 1070. The Morgan fingerprint density at radius 3 is 2.96 bits per heavy atom. The summed E-state index contributed by atoms with van der Waals surface area (Å²) in [4.78, 5) is 20.5. The number of aryl methyl sites for hydroxylation is 1.